The average molecular weight is 236 g/mol. The van der Waals surface area contributed by atoms with Gasteiger partial charge in [0.05, 0.1) is 5.25 Å². The Labute approximate surface area is 103 Å². The highest BCUT2D eigenvalue weighted by Gasteiger charge is 2.14. The van der Waals surface area contributed by atoms with Crippen molar-refractivity contribution in [2.24, 2.45) is 0 Å². The lowest BCUT2D eigenvalue weighted by atomic mass is 10.1. The standard InChI is InChI=1S/C14H20OS/c1-4-10-16-11(3)14(15)13-8-6-12(5-2)7-9-13/h6-9,11H,4-5,10H2,1-3H3. The van der Waals surface area contributed by atoms with Gasteiger partial charge in [-0.2, -0.15) is 11.8 Å². The molecule has 0 fully saturated rings. The van der Waals surface area contributed by atoms with Crippen molar-refractivity contribution in [3.63, 3.8) is 0 Å². The normalized spacial score (nSPS) is 12.4. The van der Waals surface area contributed by atoms with Gasteiger partial charge in [0, 0.05) is 5.56 Å². The first-order chi connectivity index (χ1) is 7.69. The van der Waals surface area contributed by atoms with E-state index in [4.69, 9.17) is 0 Å². The Morgan fingerprint density at radius 1 is 1.25 bits per heavy atom. The zero-order chi connectivity index (χ0) is 12.0. The van der Waals surface area contributed by atoms with Crippen LogP contribution in [0.5, 0.6) is 0 Å². The highest BCUT2D eigenvalue weighted by Crippen LogP contribution is 2.17. The van der Waals surface area contributed by atoms with E-state index in [0.29, 0.717) is 0 Å². The van der Waals surface area contributed by atoms with Gasteiger partial charge in [0.25, 0.3) is 0 Å². The van der Waals surface area contributed by atoms with E-state index in [9.17, 15) is 4.79 Å². The van der Waals surface area contributed by atoms with E-state index in [-0.39, 0.29) is 11.0 Å². The summed E-state index contributed by atoms with van der Waals surface area (Å²) >= 11 is 1.74. The van der Waals surface area contributed by atoms with Crippen LogP contribution in [0.25, 0.3) is 0 Å². The lowest BCUT2D eigenvalue weighted by molar-refractivity contribution is 0.0994. The summed E-state index contributed by atoms with van der Waals surface area (Å²) in [6, 6.07) is 7.99. The lowest BCUT2D eigenvalue weighted by Crippen LogP contribution is -2.14. The predicted molar refractivity (Wildman–Crippen MR) is 72.4 cm³/mol. The number of Topliss-reactive ketones (excluding diaryl/α,β-unsaturated/α-hetero) is 1. The first-order valence-corrected chi connectivity index (χ1v) is 6.98. The first kappa shape index (κ1) is 13.3. The summed E-state index contributed by atoms with van der Waals surface area (Å²) in [5, 5.41) is 0.0763. The third-order valence-corrected chi connectivity index (χ3v) is 3.95. The number of carbonyl (C=O) groups excluding carboxylic acids is 1. The van der Waals surface area contributed by atoms with Crippen molar-refractivity contribution < 1.29 is 4.79 Å². The summed E-state index contributed by atoms with van der Waals surface area (Å²) < 4.78 is 0. The molecule has 88 valence electrons. The van der Waals surface area contributed by atoms with Gasteiger partial charge in [-0.3, -0.25) is 4.79 Å². The fourth-order valence-electron chi connectivity index (χ4n) is 1.51. The molecule has 1 aromatic carbocycles. The first-order valence-electron chi connectivity index (χ1n) is 5.93. The van der Waals surface area contributed by atoms with Gasteiger partial charge < -0.3 is 0 Å². The van der Waals surface area contributed by atoms with Gasteiger partial charge in [-0.25, -0.2) is 0 Å². The maximum atomic E-state index is 12.0. The second-order valence-electron chi connectivity index (χ2n) is 3.93. The van der Waals surface area contributed by atoms with Gasteiger partial charge in [-0.05, 0) is 31.1 Å². The molecular formula is C14H20OS. The Kier molecular flexibility index (Phi) is 5.61. The topological polar surface area (TPSA) is 17.1 Å². The van der Waals surface area contributed by atoms with Crippen LogP contribution in [0.4, 0.5) is 0 Å². The fourth-order valence-corrected chi connectivity index (χ4v) is 2.39. The molecule has 2 heteroatoms. The van der Waals surface area contributed by atoms with Crippen LogP contribution in [-0.2, 0) is 6.42 Å². The Morgan fingerprint density at radius 2 is 1.88 bits per heavy atom. The molecule has 0 bridgehead atoms. The molecule has 0 amide bonds. The van der Waals surface area contributed by atoms with Gasteiger partial charge in [0.15, 0.2) is 5.78 Å². The summed E-state index contributed by atoms with van der Waals surface area (Å²) in [4.78, 5) is 12.0. The minimum atomic E-state index is 0.0763. The zero-order valence-corrected chi connectivity index (χ0v) is 11.1. The highest BCUT2D eigenvalue weighted by atomic mass is 32.2. The molecule has 1 nitrogen and oxygen atoms in total. The second-order valence-corrected chi connectivity index (χ2v) is 5.38. The van der Waals surface area contributed by atoms with Crippen LogP contribution in [0.3, 0.4) is 0 Å². The van der Waals surface area contributed by atoms with Crippen molar-refractivity contribution in [2.45, 2.75) is 38.9 Å². The van der Waals surface area contributed by atoms with Gasteiger partial charge in [-0.15, -0.1) is 0 Å². The van der Waals surface area contributed by atoms with E-state index in [1.54, 1.807) is 11.8 Å². The summed E-state index contributed by atoms with van der Waals surface area (Å²) in [6.45, 7) is 6.26. The molecule has 1 atom stereocenters. The monoisotopic (exact) mass is 236 g/mol. The molecule has 0 saturated carbocycles. The minimum Gasteiger partial charge on any atom is -0.293 e. The molecule has 16 heavy (non-hydrogen) atoms. The SMILES string of the molecule is CCCSC(C)C(=O)c1ccc(CC)cc1. The summed E-state index contributed by atoms with van der Waals surface area (Å²) in [6.07, 6.45) is 2.14. The largest absolute Gasteiger partial charge is 0.293 e. The number of rotatable bonds is 6. The van der Waals surface area contributed by atoms with E-state index in [2.05, 4.69) is 13.8 Å². The van der Waals surface area contributed by atoms with Crippen LogP contribution in [-0.4, -0.2) is 16.8 Å². The molecule has 1 rings (SSSR count). The number of thioether (sulfide) groups is 1. The number of aryl methyl sites for hydroxylation is 1. The smallest absolute Gasteiger partial charge is 0.175 e. The lowest BCUT2D eigenvalue weighted by Gasteiger charge is -2.09. The molecule has 0 aliphatic carbocycles. The van der Waals surface area contributed by atoms with E-state index in [1.165, 1.54) is 5.56 Å². The Bertz CT molecular complexity index is 329. The van der Waals surface area contributed by atoms with Crippen LogP contribution >= 0.6 is 11.8 Å². The minimum absolute atomic E-state index is 0.0763. The number of ketones is 1. The Balaban J connectivity index is 2.64. The average Bonchev–Trinajstić information content (AvgIpc) is 2.35. The maximum Gasteiger partial charge on any atom is 0.175 e. The highest BCUT2D eigenvalue weighted by molar-refractivity contribution is 8.00. The maximum absolute atomic E-state index is 12.0. The quantitative estimate of drug-likeness (QED) is 0.695. The third kappa shape index (κ3) is 3.67. The van der Waals surface area contributed by atoms with Crippen LogP contribution < -0.4 is 0 Å². The van der Waals surface area contributed by atoms with Gasteiger partial charge in [-0.1, -0.05) is 38.1 Å². The second kappa shape index (κ2) is 6.74. The molecule has 0 aliphatic rings. The summed E-state index contributed by atoms with van der Waals surface area (Å²) in [5.74, 6) is 1.31. The molecule has 0 saturated heterocycles. The van der Waals surface area contributed by atoms with Crippen LogP contribution in [0.1, 0.15) is 43.1 Å². The Morgan fingerprint density at radius 3 is 2.38 bits per heavy atom. The fraction of sp³-hybridized carbons (Fsp3) is 0.500. The predicted octanol–water partition coefficient (Wildman–Crippen LogP) is 3.96. The molecular weight excluding hydrogens is 216 g/mol. The molecule has 0 heterocycles. The molecule has 1 aromatic rings. The van der Waals surface area contributed by atoms with Crippen molar-refractivity contribution in [1.82, 2.24) is 0 Å². The van der Waals surface area contributed by atoms with Crippen molar-refractivity contribution in [2.75, 3.05) is 5.75 Å². The van der Waals surface area contributed by atoms with Gasteiger partial charge in [0.1, 0.15) is 0 Å². The molecule has 0 aliphatic heterocycles. The molecule has 0 spiro atoms. The van der Waals surface area contributed by atoms with Crippen LogP contribution in [0.2, 0.25) is 0 Å². The van der Waals surface area contributed by atoms with Gasteiger partial charge >= 0.3 is 0 Å². The summed E-state index contributed by atoms with van der Waals surface area (Å²) in [7, 11) is 0. The third-order valence-electron chi connectivity index (χ3n) is 2.59. The molecule has 0 radical (unpaired) electrons. The van der Waals surface area contributed by atoms with Crippen molar-refractivity contribution in [3.05, 3.63) is 35.4 Å². The van der Waals surface area contributed by atoms with Crippen molar-refractivity contribution >= 4 is 17.5 Å². The number of benzene rings is 1. The number of hydrogen-bond acceptors (Lipinski definition) is 2. The zero-order valence-electron chi connectivity index (χ0n) is 10.3. The molecule has 0 aromatic heterocycles. The van der Waals surface area contributed by atoms with Crippen molar-refractivity contribution in [3.8, 4) is 0 Å². The molecule has 1 unspecified atom stereocenters. The van der Waals surface area contributed by atoms with Crippen LogP contribution in [0.15, 0.2) is 24.3 Å². The van der Waals surface area contributed by atoms with E-state index in [0.717, 1.165) is 24.2 Å². The van der Waals surface area contributed by atoms with E-state index < -0.39 is 0 Å². The van der Waals surface area contributed by atoms with E-state index in [1.807, 2.05) is 31.2 Å². The number of carbonyl (C=O) groups is 1. The van der Waals surface area contributed by atoms with Crippen molar-refractivity contribution in [1.29, 1.82) is 0 Å². The van der Waals surface area contributed by atoms with E-state index >= 15 is 0 Å². The summed E-state index contributed by atoms with van der Waals surface area (Å²) in [5.41, 5.74) is 2.12. The Hall–Kier alpha value is -0.760. The van der Waals surface area contributed by atoms with Crippen LogP contribution in [0, 0.1) is 0 Å². The molecule has 0 N–H and O–H groups in total. The van der Waals surface area contributed by atoms with Gasteiger partial charge in [0.2, 0.25) is 0 Å². The number of hydrogen-bond donors (Lipinski definition) is 0.